The first-order chi connectivity index (χ1) is 13.0. The van der Waals surface area contributed by atoms with Gasteiger partial charge in [0.25, 0.3) is 5.91 Å². The van der Waals surface area contributed by atoms with Crippen LogP contribution >= 0.6 is 27.3 Å². The molecule has 0 spiro atoms. The van der Waals surface area contributed by atoms with Gasteiger partial charge in [0.05, 0.1) is 6.54 Å². The van der Waals surface area contributed by atoms with E-state index in [1.165, 1.54) is 15.6 Å². The van der Waals surface area contributed by atoms with Crippen molar-refractivity contribution in [2.75, 3.05) is 13.1 Å². The first-order valence-corrected chi connectivity index (χ1v) is 11.6. The summed E-state index contributed by atoms with van der Waals surface area (Å²) in [5.74, 6) is -0.463. The number of aromatic amines is 1. The number of aromatic nitrogens is 2. The summed E-state index contributed by atoms with van der Waals surface area (Å²) in [5, 5.41) is 5.85. The summed E-state index contributed by atoms with van der Waals surface area (Å²) in [5.41, 5.74) is 0.668. The van der Waals surface area contributed by atoms with Crippen LogP contribution in [0, 0.1) is 0 Å². The Kier molecular flexibility index (Phi) is 5.06. The Labute approximate surface area is 169 Å². The lowest BCUT2D eigenvalue weighted by molar-refractivity contribution is 0.0943. The van der Waals surface area contributed by atoms with Gasteiger partial charge in [-0.1, -0.05) is 15.9 Å². The lowest BCUT2D eigenvalue weighted by Crippen LogP contribution is -2.31. The van der Waals surface area contributed by atoms with Crippen molar-refractivity contribution in [2.24, 2.45) is 0 Å². The predicted molar refractivity (Wildman–Crippen MR) is 107 cm³/mol. The van der Waals surface area contributed by atoms with E-state index in [1.54, 1.807) is 18.3 Å². The fourth-order valence-electron chi connectivity index (χ4n) is 3.21. The number of nitrogens with one attached hydrogen (secondary N) is 2. The number of amides is 1. The molecule has 1 fully saturated rings. The average Bonchev–Trinajstić information content (AvgIpc) is 3.39. The number of carbonyl (C=O) groups excluding carboxylic acids is 1. The molecular weight excluding hydrogens is 452 g/mol. The Balaban J connectivity index is 1.78. The van der Waals surface area contributed by atoms with Crippen LogP contribution in [0.1, 0.15) is 28.3 Å². The molecule has 1 aliphatic heterocycles. The number of H-pyrrole nitrogens is 1. The number of fused-ring (bicyclic) bond motifs is 1. The van der Waals surface area contributed by atoms with Gasteiger partial charge < -0.3 is 10.3 Å². The van der Waals surface area contributed by atoms with Gasteiger partial charge in [0.2, 0.25) is 10.0 Å². The molecule has 142 valence electrons. The summed E-state index contributed by atoms with van der Waals surface area (Å²) in [6.07, 6.45) is 3.32. The minimum atomic E-state index is -3.78. The van der Waals surface area contributed by atoms with Crippen molar-refractivity contribution in [1.82, 2.24) is 19.6 Å². The number of benzene rings is 1. The normalized spacial score (nSPS) is 15.4. The van der Waals surface area contributed by atoms with Gasteiger partial charge in [-0.15, -0.1) is 11.3 Å². The number of thiazole rings is 1. The van der Waals surface area contributed by atoms with Crippen LogP contribution in [0.3, 0.4) is 0 Å². The average molecular weight is 469 g/mol. The first-order valence-electron chi connectivity index (χ1n) is 8.45. The maximum atomic E-state index is 13.3. The van der Waals surface area contributed by atoms with E-state index in [0.29, 0.717) is 24.0 Å². The molecule has 10 heteroatoms. The molecule has 3 heterocycles. The molecule has 0 radical (unpaired) electrons. The Bertz CT molecular complexity index is 1090. The maximum Gasteiger partial charge on any atom is 0.269 e. The van der Waals surface area contributed by atoms with Crippen LogP contribution in [-0.2, 0) is 16.6 Å². The Morgan fingerprint density at radius 1 is 1.33 bits per heavy atom. The molecule has 2 aromatic heterocycles. The van der Waals surface area contributed by atoms with E-state index in [9.17, 15) is 13.2 Å². The SMILES string of the molecule is O=C(NCc1nccs1)c1[nH]c2ccc(Br)cc2c1S(=O)(=O)N1CCCC1. The molecule has 1 saturated heterocycles. The van der Waals surface area contributed by atoms with Crippen molar-refractivity contribution in [3.63, 3.8) is 0 Å². The zero-order chi connectivity index (χ0) is 19.0. The van der Waals surface area contributed by atoms with Crippen LogP contribution < -0.4 is 5.32 Å². The molecule has 0 atom stereocenters. The molecule has 4 rings (SSSR count). The molecule has 0 bridgehead atoms. The number of nitrogens with zero attached hydrogens (tertiary/aromatic N) is 2. The largest absolute Gasteiger partial charge is 0.349 e. The zero-order valence-electron chi connectivity index (χ0n) is 14.2. The van der Waals surface area contributed by atoms with E-state index < -0.39 is 15.9 Å². The molecule has 1 aromatic carbocycles. The molecule has 0 aliphatic carbocycles. The minimum Gasteiger partial charge on any atom is -0.349 e. The number of hydrogen-bond donors (Lipinski definition) is 2. The highest BCUT2D eigenvalue weighted by molar-refractivity contribution is 9.10. The third-order valence-electron chi connectivity index (χ3n) is 4.49. The van der Waals surface area contributed by atoms with Crippen LogP contribution in [-0.4, -0.2) is 41.7 Å². The summed E-state index contributed by atoms with van der Waals surface area (Å²) >= 11 is 4.82. The van der Waals surface area contributed by atoms with Crippen LogP contribution in [0.15, 0.2) is 39.1 Å². The molecule has 0 saturated carbocycles. The Hall–Kier alpha value is -1.75. The standard InChI is InChI=1S/C17H17BrN4O3S2/c18-11-3-4-13-12(9-11)16(27(24,25)22-6-1-2-7-22)15(21-13)17(23)20-10-14-19-5-8-26-14/h3-5,8-9,21H,1-2,6-7,10H2,(H,20,23). The molecule has 3 aromatic rings. The summed E-state index contributed by atoms with van der Waals surface area (Å²) in [6.45, 7) is 1.20. The van der Waals surface area contributed by atoms with Gasteiger partial charge in [-0.2, -0.15) is 4.31 Å². The fraction of sp³-hybridized carbons (Fsp3) is 0.294. The molecule has 0 unspecified atom stereocenters. The molecular formula is C17H17BrN4O3S2. The van der Waals surface area contributed by atoms with Gasteiger partial charge in [0.15, 0.2) is 0 Å². The smallest absolute Gasteiger partial charge is 0.269 e. The fourth-order valence-corrected chi connectivity index (χ4v) is 5.97. The quantitative estimate of drug-likeness (QED) is 0.601. The number of halogens is 1. The van der Waals surface area contributed by atoms with Crippen LogP contribution in [0.25, 0.3) is 10.9 Å². The van der Waals surface area contributed by atoms with Crippen LogP contribution in [0.2, 0.25) is 0 Å². The van der Waals surface area contributed by atoms with Gasteiger partial charge >= 0.3 is 0 Å². The number of carbonyl (C=O) groups is 1. The number of hydrogen-bond acceptors (Lipinski definition) is 5. The summed E-state index contributed by atoms with van der Waals surface area (Å²) in [4.78, 5) is 20.0. The van der Waals surface area contributed by atoms with E-state index >= 15 is 0 Å². The van der Waals surface area contributed by atoms with Crippen molar-refractivity contribution in [3.05, 3.63) is 45.0 Å². The highest BCUT2D eigenvalue weighted by Crippen LogP contribution is 2.33. The maximum absolute atomic E-state index is 13.3. The summed E-state index contributed by atoms with van der Waals surface area (Å²) < 4.78 is 28.8. The third-order valence-corrected chi connectivity index (χ3v) is 7.74. The molecule has 7 nitrogen and oxygen atoms in total. The second-order valence-corrected chi connectivity index (χ2v) is 10.0. The minimum absolute atomic E-state index is 0.0392. The monoisotopic (exact) mass is 468 g/mol. The Morgan fingerprint density at radius 3 is 2.81 bits per heavy atom. The molecule has 2 N–H and O–H groups in total. The first kappa shape index (κ1) is 18.6. The van der Waals surface area contributed by atoms with Crippen molar-refractivity contribution >= 4 is 54.1 Å². The van der Waals surface area contributed by atoms with Crippen molar-refractivity contribution in [2.45, 2.75) is 24.3 Å². The van der Waals surface area contributed by atoms with Gasteiger partial charge in [0.1, 0.15) is 15.6 Å². The van der Waals surface area contributed by atoms with E-state index in [-0.39, 0.29) is 17.1 Å². The zero-order valence-corrected chi connectivity index (χ0v) is 17.5. The second-order valence-electron chi connectivity index (χ2n) is 6.24. The van der Waals surface area contributed by atoms with Gasteiger partial charge in [-0.05, 0) is 31.0 Å². The van der Waals surface area contributed by atoms with Crippen molar-refractivity contribution < 1.29 is 13.2 Å². The van der Waals surface area contributed by atoms with Gasteiger partial charge in [-0.3, -0.25) is 4.79 Å². The van der Waals surface area contributed by atoms with Gasteiger partial charge in [0, 0.05) is 40.0 Å². The van der Waals surface area contributed by atoms with Gasteiger partial charge in [-0.25, -0.2) is 13.4 Å². The van der Waals surface area contributed by atoms with Crippen molar-refractivity contribution in [3.8, 4) is 0 Å². The van der Waals surface area contributed by atoms with E-state index in [0.717, 1.165) is 22.3 Å². The second kappa shape index (κ2) is 7.34. The van der Waals surface area contributed by atoms with Crippen LogP contribution in [0.4, 0.5) is 0 Å². The molecule has 27 heavy (non-hydrogen) atoms. The van der Waals surface area contributed by atoms with E-state index in [2.05, 4.69) is 31.2 Å². The number of sulfonamides is 1. The lowest BCUT2D eigenvalue weighted by Gasteiger charge is -2.16. The number of rotatable bonds is 5. The summed E-state index contributed by atoms with van der Waals surface area (Å²) in [6, 6.07) is 5.30. The Morgan fingerprint density at radius 2 is 2.11 bits per heavy atom. The third kappa shape index (κ3) is 3.54. The molecule has 1 aliphatic rings. The topological polar surface area (TPSA) is 95.2 Å². The highest BCUT2D eigenvalue weighted by Gasteiger charge is 2.34. The van der Waals surface area contributed by atoms with Crippen LogP contribution in [0.5, 0.6) is 0 Å². The summed E-state index contributed by atoms with van der Waals surface area (Å²) in [7, 11) is -3.78. The highest BCUT2D eigenvalue weighted by atomic mass is 79.9. The molecule has 1 amide bonds. The van der Waals surface area contributed by atoms with Crippen molar-refractivity contribution in [1.29, 1.82) is 0 Å². The lowest BCUT2D eigenvalue weighted by atomic mass is 10.2. The van der Waals surface area contributed by atoms with E-state index in [1.807, 2.05) is 11.4 Å². The predicted octanol–water partition coefficient (Wildman–Crippen LogP) is 3.10. The van der Waals surface area contributed by atoms with E-state index in [4.69, 9.17) is 0 Å².